The number of benzene rings is 1. The highest BCUT2D eigenvalue weighted by Crippen LogP contribution is 2.22. The molecule has 0 aliphatic carbocycles. The molecule has 6 nitrogen and oxygen atoms in total. The summed E-state index contributed by atoms with van der Waals surface area (Å²) in [6, 6.07) is 7.18. The lowest BCUT2D eigenvalue weighted by molar-refractivity contribution is 0.114. The number of ether oxygens (including phenoxy) is 1. The largest absolute Gasteiger partial charge is 0.496 e. The van der Waals surface area contributed by atoms with Crippen LogP contribution in [-0.4, -0.2) is 28.4 Å². The fraction of sp³-hybridized carbons (Fsp3) is 0.467. The highest BCUT2D eigenvalue weighted by atomic mass is 16.5. The van der Waals surface area contributed by atoms with Crippen LogP contribution in [0.5, 0.6) is 5.75 Å². The molecule has 2 atom stereocenters. The van der Waals surface area contributed by atoms with Crippen molar-refractivity contribution in [3.63, 3.8) is 0 Å². The zero-order valence-corrected chi connectivity index (χ0v) is 12.5. The van der Waals surface area contributed by atoms with E-state index in [9.17, 15) is 5.11 Å². The Morgan fingerprint density at radius 1 is 1.33 bits per heavy atom. The number of rotatable bonds is 6. The molecule has 0 amide bonds. The Bertz CT molecular complexity index is 583. The number of aliphatic hydroxyl groups excluding tert-OH is 1. The summed E-state index contributed by atoms with van der Waals surface area (Å²) in [4.78, 5) is 4.22. The number of aliphatic hydroxyl groups is 1. The minimum Gasteiger partial charge on any atom is -0.496 e. The molecule has 2 rings (SSSR count). The van der Waals surface area contributed by atoms with Crippen LogP contribution in [0.25, 0.3) is 0 Å². The summed E-state index contributed by atoms with van der Waals surface area (Å²) in [5.74, 6) is 1.53. The molecule has 21 heavy (non-hydrogen) atoms. The van der Waals surface area contributed by atoms with Crippen molar-refractivity contribution < 1.29 is 14.4 Å². The van der Waals surface area contributed by atoms with Crippen molar-refractivity contribution in [2.45, 2.75) is 32.4 Å². The van der Waals surface area contributed by atoms with E-state index >= 15 is 0 Å². The summed E-state index contributed by atoms with van der Waals surface area (Å²) < 4.78 is 10.5. The van der Waals surface area contributed by atoms with Crippen LogP contribution in [0.3, 0.4) is 0 Å². The molecule has 6 heteroatoms. The molecule has 0 aliphatic rings. The van der Waals surface area contributed by atoms with Gasteiger partial charge in [0.05, 0.1) is 13.5 Å². The third-order valence-electron chi connectivity index (χ3n) is 3.42. The van der Waals surface area contributed by atoms with Gasteiger partial charge < -0.3 is 20.1 Å². The number of methoxy groups -OCH3 is 1. The SMILES string of the molecule is COc1ccccc1Cc1nc(C(O)[C@@H](N)C(C)C)no1. The molecule has 0 bridgehead atoms. The third kappa shape index (κ3) is 3.59. The van der Waals surface area contributed by atoms with E-state index < -0.39 is 12.1 Å². The predicted octanol–water partition coefficient (Wildman–Crippen LogP) is 1.69. The first kappa shape index (κ1) is 15.5. The first-order chi connectivity index (χ1) is 10.0. The summed E-state index contributed by atoms with van der Waals surface area (Å²) in [7, 11) is 1.61. The second kappa shape index (κ2) is 6.69. The number of hydrogen-bond donors (Lipinski definition) is 2. The van der Waals surface area contributed by atoms with Crippen LogP contribution in [0.15, 0.2) is 28.8 Å². The van der Waals surface area contributed by atoms with Gasteiger partial charge in [-0.15, -0.1) is 0 Å². The Labute approximate surface area is 123 Å². The van der Waals surface area contributed by atoms with Gasteiger partial charge in [-0.2, -0.15) is 4.98 Å². The van der Waals surface area contributed by atoms with Gasteiger partial charge in [-0.25, -0.2) is 0 Å². The van der Waals surface area contributed by atoms with Gasteiger partial charge in [-0.1, -0.05) is 37.2 Å². The lowest BCUT2D eigenvalue weighted by Crippen LogP contribution is -2.34. The molecule has 0 fully saturated rings. The predicted molar refractivity (Wildman–Crippen MR) is 77.9 cm³/mol. The maximum absolute atomic E-state index is 10.1. The van der Waals surface area contributed by atoms with E-state index in [1.807, 2.05) is 38.1 Å². The Hall–Kier alpha value is -1.92. The standard InChI is InChI=1S/C15H21N3O3/c1-9(2)13(16)14(19)15-17-12(21-18-15)8-10-6-4-5-7-11(10)20-3/h4-7,9,13-14,19H,8,16H2,1-3H3/t13-,14?/m0/s1. The molecule has 0 aliphatic heterocycles. The quantitative estimate of drug-likeness (QED) is 0.841. The minimum atomic E-state index is -0.930. The second-order valence-corrected chi connectivity index (χ2v) is 5.30. The zero-order chi connectivity index (χ0) is 15.4. The Morgan fingerprint density at radius 3 is 2.71 bits per heavy atom. The number of para-hydroxylation sites is 1. The van der Waals surface area contributed by atoms with E-state index in [1.54, 1.807) is 7.11 Å². The Balaban J connectivity index is 2.13. The lowest BCUT2D eigenvalue weighted by Gasteiger charge is -2.18. The molecular formula is C15H21N3O3. The second-order valence-electron chi connectivity index (χ2n) is 5.30. The van der Waals surface area contributed by atoms with Gasteiger partial charge >= 0.3 is 0 Å². The fourth-order valence-electron chi connectivity index (χ4n) is 2.01. The van der Waals surface area contributed by atoms with Crippen molar-refractivity contribution in [3.8, 4) is 5.75 Å². The molecule has 114 valence electrons. The van der Waals surface area contributed by atoms with Gasteiger partial charge in [-0.05, 0) is 12.0 Å². The van der Waals surface area contributed by atoms with Crippen LogP contribution in [-0.2, 0) is 6.42 Å². The molecule has 1 aromatic carbocycles. The van der Waals surface area contributed by atoms with Gasteiger partial charge in [-0.3, -0.25) is 0 Å². The van der Waals surface area contributed by atoms with E-state index in [2.05, 4.69) is 10.1 Å². The first-order valence-corrected chi connectivity index (χ1v) is 6.91. The van der Waals surface area contributed by atoms with Crippen molar-refractivity contribution in [2.24, 2.45) is 11.7 Å². The highest BCUT2D eigenvalue weighted by Gasteiger charge is 2.25. The molecule has 0 saturated heterocycles. The average Bonchev–Trinajstić information content (AvgIpc) is 2.94. The van der Waals surface area contributed by atoms with E-state index in [0.717, 1.165) is 11.3 Å². The van der Waals surface area contributed by atoms with E-state index in [1.165, 1.54) is 0 Å². The van der Waals surface area contributed by atoms with Gasteiger partial charge in [0.25, 0.3) is 0 Å². The number of hydrogen-bond acceptors (Lipinski definition) is 6. The number of nitrogens with zero attached hydrogens (tertiary/aromatic N) is 2. The van der Waals surface area contributed by atoms with Gasteiger partial charge in [0, 0.05) is 11.6 Å². The normalized spacial score (nSPS) is 14.2. The summed E-state index contributed by atoms with van der Waals surface area (Å²) in [6.07, 6.45) is -0.485. The van der Waals surface area contributed by atoms with Crippen LogP contribution in [0, 0.1) is 5.92 Å². The first-order valence-electron chi connectivity index (χ1n) is 6.91. The van der Waals surface area contributed by atoms with Gasteiger partial charge in [0.1, 0.15) is 11.9 Å². The summed E-state index contributed by atoms with van der Waals surface area (Å²) in [5.41, 5.74) is 6.85. The molecule has 0 saturated carbocycles. The fourth-order valence-corrected chi connectivity index (χ4v) is 2.01. The van der Waals surface area contributed by atoms with Crippen LogP contribution in [0.2, 0.25) is 0 Å². The molecule has 0 spiro atoms. The Morgan fingerprint density at radius 2 is 2.05 bits per heavy atom. The van der Waals surface area contributed by atoms with E-state index in [0.29, 0.717) is 12.3 Å². The molecule has 1 heterocycles. The van der Waals surface area contributed by atoms with Crippen molar-refractivity contribution in [1.29, 1.82) is 0 Å². The molecule has 0 radical (unpaired) electrons. The van der Waals surface area contributed by atoms with Crippen molar-refractivity contribution >= 4 is 0 Å². The van der Waals surface area contributed by atoms with E-state index in [4.69, 9.17) is 15.0 Å². The smallest absolute Gasteiger partial charge is 0.231 e. The highest BCUT2D eigenvalue weighted by molar-refractivity contribution is 5.34. The molecule has 3 N–H and O–H groups in total. The monoisotopic (exact) mass is 291 g/mol. The Kier molecular flexibility index (Phi) is 4.93. The van der Waals surface area contributed by atoms with Gasteiger partial charge in [0.2, 0.25) is 11.7 Å². The molecule has 1 aromatic heterocycles. The minimum absolute atomic E-state index is 0.121. The lowest BCUT2D eigenvalue weighted by atomic mass is 9.99. The van der Waals surface area contributed by atoms with Crippen molar-refractivity contribution in [1.82, 2.24) is 10.1 Å². The van der Waals surface area contributed by atoms with Crippen LogP contribution >= 0.6 is 0 Å². The molecule has 1 unspecified atom stereocenters. The maximum Gasteiger partial charge on any atom is 0.231 e. The zero-order valence-electron chi connectivity index (χ0n) is 12.5. The van der Waals surface area contributed by atoms with Gasteiger partial charge in [0.15, 0.2) is 0 Å². The van der Waals surface area contributed by atoms with Crippen LogP contribution in [0.4, 0.5) is 0 Å². The average molecular weight is 291 g/mol. The van der Waals surface area contributed by atoms with Crippen molar-refractivity contribution in [3.05, 3.63) is 41.5 Å². The maximum atomic E-state index is 10.1. The summed E-state index contributed by atoms with van der Waals surface area (Å²) in [5, 5.41) is 13.9. The van der Waals surface area contributed by atoms with Crippen LogP contribution in [0.1, 0.15) is 37.2 Å². The summed E-state index contributed by atoms with van der Waals surface area (Å²) >= 11 is 0. The number of nitrogens with two attached hydrogens (primary N) is 1. The third-order valence-corrected chi connectivity index (χ3v) is 3.42. The van der Waals surface area contributed by atoms with Crippen molar-refractivity contribution in [2.75, 3.05) is 7.11 Å². The number of aromatic nitrogens is 2. The van der Waals surface area contributed by atoms with E-state index in [-0.39, 0.29) is 11.7 Å². The summed E-state index contributed by atoms with van der Waals surface area (Å²) in [6.45, 7) is 3.87. The molecule has 2 aromatic rings. The molecular weight excluding hydrogens is 270 g/mol. The topological polar surface area (TPSA) is 94.4 Å². The van der Waals surface area contributed by atoms with Crippen LogP contribution < -0.4 is 10.5 Å².